The first-order chi connectivity index (χ1) is 11.8. The molecule has 3 heterocycles. The predicted molar refractivity (Wildman–Crippen MR) is 111 cm³/mol. The molecule has 0 unspecified atom stereocenters. The minimum Gasteiger partial charge on any atom is -0.143 e. The summed E-state index contributed by atoms with van der Waals surface area (Å²) in [4.78, 5) is 2.79. The van der Waals surface area contributed by atoms with Crippen molar-refractivity contribution in [2.24, 2.45) is 0 Å². The molecule has 116 valence electrons. The molecule has 0 spiro atoms. The third-order valence-corrected chi connectivity index (χ3v) is 7.43. The van der Waals surface area contributed by atoms with E-state index in [2.05, 4.69) is 72.3 Å². The molecule has 0 atom stereocenters. The van der Waals surface area contributed by atoms with Crippen molar-refractivity contribution in [2.75, 3.05) is 0 Å². The largest absolute Gasteiger partial charge is 0.143 e. The average Bonchev–Trinajstić information content (AvgIpc) is 3.29. The van der Waals surface area contributed by atoms with Crippen LogP contribution in [0.1, 0.15) is 4.88 Å². The lowest BCUT2D eigenvalue weighted by Crippen LogP contribution is -1.79. The Labute approximate surface area is 152 Å². The Balaban J connectivity index is 1.80. The van der Waals surface area contributed by atoms with E-state index >= 15 is 0 Å². The maximum atomic E-state index is 2.31. The average molecular weight is 363 g/mol. The second-order valence-electron chi connectivity index (χ2n) is 5.84. The van der Waals surface area contributed by atoms with Crippen LogP contribution in [0.3, 0.4) is 0 Å². The lowest BCUT2D eigenvalue weighted by atomic mass is 10.00. The first-order valence-corrected chi connectivity index (χ1v) is 10.4. The van der Waals surface area contributed by atoms with Gasteiger partial charge in [0.25, 0.3) is 0 Å². The van der Waals surface area contributed by atoms with Gasteiger partial charge in [0, 0.05) is 52.0 Å². The lowest BCUT2D eigenvalue weighted by Gasteiger charge is -2.05. The number of hydrogen-bond donors (Lipinski definition) is 0. The zero-order chi connectivity index (χ0) is 16.1. The molecule has 0 N–H and O–H groups in total. The van der Waals surface area contributed by atoms with Crippen LogP contribution in [0.2, 0.25) is 0 Å². The Morgan fingerprint density at radius 1 is 0.708 bits per heavy atom. The molecule has 24 heavy (non-hydrogen) atoms. The monoisotopic (exact) mass is 362 g/mol. The predicted octanol–water partition coefficient (Wildman–Crippen LogP) is 7.82. The quantitative estimate of drug-likeness (QED) is 0.300. The molecular formula is C21H14S3. The molecule has 0 radical (unpaired) electrons. The van der Waals surface area contributed by atoms with Crippen LogP contribution < -0.4 is 0 Å². The topological polar surface area (TPSA) is 0 Å². The van der Waals surface area contributed by atoms with Gasteiger partial charge >= 0.3 is 0 Å². The molecule has 0 aliphatic rings. The van der Waals surface area contributed by atoms with Crippen molar-refractivity contribution in [3.63, 3.8) is 0 Å². The molecule has 0 fully saturated rings. The molecule has 0 aliphatic carbocycles. The maximum absolute atomic E-state index is 2.31. The van der Waals surface area contributed by atoms with Gasteiger partial charge in [-0.25, -0.2) is 0 Å². The van der Waals surface area contributed by atoms with Gasteiger partial charge in [-0.15, -0.1) is 34.0 Å². The number of rotatable bonds is 2. The van der Waals surface area contributed by atoms with Crippen LogP contribution in [0.15, 0.2) is 65.4 Å². The summed E-state index contributed by atoms with van der Waals surface area (Å²) in [5, 5.41) is 7.27. The first-order valence-electron chi connectivity index (χ1n) is 7.85. The van der Waals surface area contributed by atoms with Crippen molar-refractivity contribution in [1.29, 1.82) is 0 Å². The summed E-state index contributed by atoms with van der Waals surface area (Å²) in [6.07, 6.45) is 0. The molecular weight excluding hydrogens is 348 g/mol. The van der Waals surface area contributed by atoms with Gasteiger partial charge in [0.2, 0.25) is 0 Å². The molecule has 5 aromatic rings. The maximum Gasteiger partial charge on any atom is 0.0436 e. The summed E-state index contributed by atoms with van der Waals surface area (Å²) in [5.74, 6) is 0. The van der Waals surface area contributed by atoms with Crippen molar-refractivity contribution >= 4 is 54.2 Å². The Hall–Kier alpha value is -1.94. The first kappa shape index (κ1) is 14.4. The highest BCUT2D eigenvalue weighted by atomic mass is 32.1. The van der Waals surface area contributed by atoms with Crippen LogP contribution >= 0.6 is 34.0 Å². The zero-order valence-electron chi connectivity index (χ0n) is 13.1. The number of fused-ring (bicyclic) bond motifs is 2. The summed E-state index contributed by atoms with van der Waals surface area (Å²) in [5.41, 5.74) is 4.15. The summed E-state index contributed by atoms with van der Waals surface area (Å²) in [7, 11) is 0. The summed E-state index contributed by atoms with van der Waals surface area (Å²) >= 11 is 5.58. The van der Waals surface area contributed by atoms with Gasteiger partial charge in [-0.3, -0.25) is 0 Å². The standard InChI is InChI=1S/C21H14S3/c1-13-20(15-7-3-5-9-19(15)24-13)16-10-11-22-21(16)17-12-23-18-8-4-2-6-14(17)18/h2-12H,1H3. The molecule has 3 aromatic heterocycles. The Morgan fingerprint density at radius 2 is 1.46 bits per heavy atom. The Kier molecular flexibility index (Phi) is 3.33. The summed E-state index contributed by atoms with van der Waals surface area (Å²) < 4.78 is 2.73. The summed E-state index contributed by atoms with van der Waals surface area (Å²) in [6, 6.07) is 19.7. The Bertz CT molecular complexity index is 1170. The smallest absolute Gasteiger partial charge is 0.0436 e. The van der Waals surface area contributed by atoms with Gasteiger partial charge in [-0.05, 0) is 30.5 Å². The summed E-state index contributed by atoms with van der Waals surface area (Å²) in [6.45, 7) is 2.24. The molecule has 0 aliphatic heterocycles. The normalized spacial score (nSPS) is 11.5. The van der Waals surface area contributed by atoms with Gasteiger partial charge in [-0.1, -0.05) is 36.4 Å². The van der Waals surface area contributed by atoms with E-state index < -0.39 is 0 Å². The van der Waals surface area contributed by atoms with E-state index in [-0.39, 0.29) is 0 Å². The van der Waals surface area contributed by atoms with E-state index in [1.54, 1.807) is 0 Å². The van der Waals surface area contributed by atoms with Crippen molar-refractivity contribution in [1.82, 2.24) is 0 Å². The van der Waals surface area contributed by atoms with Crippen molar-refractivity contribution < 1.29 is 0 Å². The molecule has 0 saturated carbocycles. The fraction of sp³-hybridized carbons (Fsp3) is 0.0476. The number of aryl methyl sites for hydroxylation is 1. The van der Waals surface area contributed by atoms with Gasteiger partial charge in [0.15, 0.2) is 0 Å². The van der Waals surface area contributed by atoms with Gasteiger partial charge in [0.05, 0.1) is 0 Å². The fourth-order valence-electron chi connectivity index (χ4n) is 3.37. The third kappa shape index (κ3) is 2.09. The molecule has 2 aromatic carbocycles. The van der Waals surface area contributed by atoms with Crippen molar-refractivity contribution in [3.05, 3.63) is 70.2 Å². The van der Waals surface area contributed by atoms with E-state index in [1.165, 1.54) is 46.6 Å². The zero-order valence-corrected chi connectivity index (χ0v) is 15.5. The molecule has 0 saturated heterocycles. The fourth-order valence-corrected chi connectivity index (χ4v) is 6.41. The Morgan fingerprint density at radius 3 is 2.33 bits per heavy atom. The van der Waals surface area contributed by atoms with Crippen LogP contribution in [0.25, 0.3) is 41.7 Å². The molecule has 0 bridgehead atoms. The van der Waals surface area contributed by atoms with E-state index in [0.717, 1.165) is 0 Å². The van der Waals surface area contributed by atoms with E-state index in [0.29, 0.717) is 0 Å². The number of thiophene rings is 3. The SMILES string of the molecule is Cc1sc2ccccc2c1-c1ccsc1-c1csc2ccccc12. The van der Waals surface area contributed by atoms with Crippen LogP contribution in [-0.4, -0.2) is 0 Å². The number of hydrogen-bond acceptors (Lipinski definition) is 3. The second kappa shape index (κ2) is 5.55. The minimum atomic E-state index is 1.36. The van der Waals surface area contributed by atoms with E-state index in [9.17, 15) is 0 Å². The van der Waals surface area contributed by atoms with Gasteiger partial charge in [-0.2, -0.15) is 0 Å². The minimum absolute atomic E-state index is 1.36. The molecule has 0 nitrogen and oxygen atoms in total. The third-order valence-electron chi connectivity index (χ3n) is 4.43. The second-order valence-corrected chi connectivity index (χ2v) is 8.92. The van der Waals surface area contributed by atoms with Crippen LogP contribution in [0.4, 0.5) is 0 Å². The van der Waals surface area contributed by atoms with Crippen molar-refractivity contribution in [2.45, 2.75) is 6.92 Å². The highest BCUT2D eigenvalue weighted by molar-refractivity contribution is 7.20. The van der Waals surface area contributed by atoms with Crippen molar-refractivity contribution in [3.8, 4) is 21.6 Å². The lowest BCUT2D eigenvalue weighted by molar-refractivity contribution is 1.63. The highest BCUT2D eigenvalue weighted by Crippen LogP contribution is 2.47. The van der Waals surface area contributed by atoms with Gasteiger partial charge < -0.3 is 0 Å². The van der Waals surface area contributed by atoms with Crippen LogP contribution in [-0.2, 0) is 0 Å². The highest BCUT2D eigenvalue weighted by Gasteiger charge is 2.18. The van der Waals surface area contributed by atoms with Crippen LogP contribution in [0.5, 0.6) is 0 Å². The van der Waals surface area contributed by atoms with E-state index in [1.807, 2.05) is 34.0 Å². The van der Waals surface area contributed by atoms with Gasteiger partial charge in [0.1, 0.15) is 0 Å². The molecule has 5 rings (SSSR count). The molecule has 0 amide bonds. The number of benzene rings is 2. The van der Waals surface area contributed by atoms with Crippen LogP contribution in [0, 0.1) is 6.92 Å². The van der Waals surface area contributed by atoms with E-state index in [4.69, 9.17) is 0 Å². The molecule has 3 heteroatoms.